The Hall–Kier alpha value is -1.05. The van der Waals surface area contributed by atoms with Crippen molar-refractivity contribution in [3.8, 4) is 0 Å². The standard InChI is InChI=1S/C13H14ClN/c1-13(2,15)12-5-3-4-9-6-7-10(14)8-11(9)12/h3-8H,15H2,1-2H3. The third kappa shape index (κ3) is 1.99. The monoisotopic (exact) mass is 219 g/mol. The molecule has 2 N–H and O–H groups in total. The molecule has 0 aliphatic rings. The highest BCUT2D eigenvalue weighted by atomic mass is 35.5. The lowest BCUT2D eigenvalue weighted by Crippen LogP contribution is -2.28. The number of hydrogen-bond donors (Lipinski definition) is 1. The zero-order valence-corrected chi connectivity index (χ0v) is 9.68. The van der Waals surface area contributed by atoms with Crippen LogP contribution in [0, 0.1) is 0 Å². The summed E-state index contributed by atoms with van der Waals surface area (Å²) in [7, 11) is 0. The Balaban J connectivity index is 2.80. The van der Waals surface area contributed by atoms with Crippen LogP contribution in [0.4, 0.5) is 0 Å². The lowest BCUT2D eigenvalue weighted by atomic mass is 9.90. The second-order valence-corrected chi connectivity index (χ2v) is 4.83. The van der Waals surface area contributed by atoms with Gasteiger partial charge in [-0.2, -0.15) is 0 Å². The molecule has 0 spiro atoms. The van der Waals surface area contributed by atoms with Crippen LogP contribution in [0.1, 0.15) is 19.4 Å². The van der Waals surface area contributed by atoms with Gasteiger partial charge in [0.15, 0.2) is 0 Å². The Bertz CT molecular complexity index is 497. The SMILES string of the molecule is CC(C)(N)c1cccc2ccc(Cl)cc12. The van der Waals surface area contributed by atoms with Gasteiger partial charge in [-0.1, -0.05) is 35.9 Å². The maximum absolute atomic E-state index is 6.13. The van der Waals surface area contributed by atoms with Gasteiger partial charge in [0.05, 0.1) is 0 Å². The summed E-state index contributed by atoms with van der Waals surface area (Å²) in [4.78, 5) is 0. The third-order valence-corrected chi connectivity index (χ3v) is 2.77. The molecule has 0 saturated heterocycles. The molecule has 0 saturated carbocycles. The Morgan fingerprint density at radius 2 is 1.87 bits per heavy atom. The van der Waals surface area contributed by atoms with Crippen molar-refractivity contribution >= 4 is 22.4 Å². The summed E-state index contributed by atoms with van der Waals surface area (Å²) in [6.45, 7) is 4.01. The van der Waals surface area contributed by atoms with E-state index in [2.05, 4.69) is 12.1 Å². The average molecular weight is 220 g/mol. The molecule has 0 radical (unpaired) electrons. The van der Waals surface area contributed by atoms with Gasteiger partial charge in [-0.3, -0.25) is 0 Å². The predicted octanol–water partition coefficient (Wildman–Crippen LogP) is 3.69. The van der Waals surface area contributed by atoms with Gasteiger partial charge in [0.1, 0.15) is 0 Å². The van der Waals surface area contributed by atoms with Crippen LogP contribution in [0.15, 0.2) is 36.4 Å². The molecule has 0 unspecified atom stereocenters. The molecule has 0 bridgehead atoms. The number of benzene rings is 2. The first kappa shape index (κ1) is 10.5. The van der Waals surface area contributed by atoms with Crippen LogP contribution in [0.5, 0.6) is 0 Å². The van der Waals surface area contributed by atoms with Crippen molar-refractivity contribution in [2.75, 3.05) is 0 Å². The molecule has 2 aromatic rings. The van der Waals surface area contributed by atoms with Crippen LogP contribution in [0.2, 0.25) is 5.02 Å². The normalized spacial score (nSPS) is 12.0. The molecule has 2 rings (SSSR count). The van der Waals surface area contributed by atoms with Crippen LogP contribution < -0.4 is 5.73 Å². The molecule has 0 atom stereocenters. The lowest BCUT2D eigenvalue weighted by Gasteiger charge is -2.21. The maximum atomic E-state index is 6.13. The number of halogens is 1. The lowest BCUT2D eigenvalue weighted by molar-refractivity contribution is 0.559. The zero-order chi connectivity index (χ0) is 11.1. The molecule has 0 fully saturated rings. The van der Waals surface area contributed by atoms with Gasteiger partial charge in [-0.05, 0) is 42.3 Å². The van der Waals surface area contributed by atoms with Crippen molar-refractivity contribution in [3.05, 3.63) is 47.0 Å². The molecular formula is C13H14ClN. The summed E-state index contributed by atoms with van der Waals surface area (Å²) in [5, 5.41) is 3.06. The Kier molecular flexibility index (Phi) is 2.45. The molecule has 0 heterocycles. The molecule has 15 heavy (non-hydrogen) atoms. The van der Waals surface area contributed by atoms with Gasteiger partial charge in [-0.15, -0.1) is 0 Å². The van der Waals surface area contributed by atoms with E-state index in [1.54, 1.807) is 0 Å². The van der Waals surface area contributed by atoms with Crippen LogP contribution in [0.3, 0.4) is 0 Å². The quantitative estimate of drug-likeness (QED) is 0.778. The maximum Gasteiger partial charge on any atom is 0.0412 e. The predicted molar refractivity (Wildman–Crippen MR) is 66.2 cm³/mol. The van der Waals surface area contributed by atoms with E-state index in [4.69, 9.17) is 17.3 Å². The highest BCUT2D eigenvalue weighted by Crippen LogP contribution is 2.28. The van der Waals surface area contributed by atoms with Crippen LogP contribution in [-0.4, -0.2) is 0 Å². The zero-order valence-electron chi connectivity index (χ0n) is 8.92. The summed E-state index contributed by atoms with van der Waals surface area (Å²) in [6, 6.07) is 12.0. The van der Waals surface area contributed by atoms with E-state index in [0.717, 1.165) is 16.0 Å². The van der Waals surface area contributed by atoms with E-state index in [1.807, 2.05) is 38.1 Å². The fourth-order valence-electron chi connectivity index (χ4n) is 1.81. The minimum atomic E-state index is -0.343. The molecule has 2 heteroatoms. The van der Waals surface area contributed by atoms with E-state index in [0.29, 0.717) is 0 Å². The van der Waals surface area contributed by atoms with E-state index in [9.17, 15) is 0 Å². The smallest absolute Gasteiger partial charge is 0.0412 e. The number of nitrogens with two attached hydrogens (primary N) is 1. The van der Waals surface area contributed by atoms with Gasteiger partial charge in [0.25, 0.3) is 0 Å². The van der Waals surface area contributed by atoms with Gasteiger partial charge in [0.2, 0.25) is 0 Å². The average Bonchev–Trinajstić information content (AvgIpc) is 2.15. The van der Waals surface area contributed by atoms with Crippen molar-refractivity contribution < 1.29 is 0 Å². The Morgan fingerprint density at radius 3 is 2.53 bits per heavy atom. The number of fused-ring (bicyclic) bond motifs is 1. The molecule has 0 aliphatic heterocycles. The second kappa shape index (κ2) is 3.51. The van der Waals surface area contributed by atoms with Gasteiger partial charge < -0.3 is 5.73 Å². The highest BCUT2D eigenvalue weighted by molar-refractivity contribution is 6.31. The fraction of sp³-hybridized carbons (Fsp3) is 0.231. The van der Waals surface area contributed by atoms with Gasteiger partial charge >= 0.3 is 0 Å². The van der Waals surface area contributed by atoms with Crippen molar-refractivity contribution in [2.24, 2.45) is 5.73 Å². The highest BCUT2D eigenvalue weighted by Gasteiger charge is 2.16. The summed E-state index contributed by atoms with van der Waals surface area (Å²) >= 11 is 6.00. The molecule has 0 aliphatic carbocycles. The summed E-state index contributed by atoms with van der Waals surface area (Å²) in [5.41, 5.74) is 6.91. The molecule has 0 amide bonds. The van der Waals surface area contributed by atoms with Crippen LogP contribution >= 0.6 is 11.6 Å². The molecule has 2 aromatic carbocycles. The fourth-order valence-corrected chi connectivity index (χ4v) is 1.98. The largest absolute Gasteiger partial charge is 0.322 e. The van der Waals surface area contributed by atoms with Crippen molar-refractivity contribution in [2.45, 2.75) is 19.4 Å². The van der Waals surface area contributed by atoms with E-state index >= 15 is 0 Å². The van der Waals surface area contributed by atoms with Crippen molar-refractivity contribution in [3.63, 3.8) is 0 Å². The molecular weight excluding hydrogens is 206 g/mol. The second-order valence-electron chi connectivity index (χ2n) is 4.39. The Morgan fingerprint density at radius 1 is 1.13 bits per heavy atom. The molecule has 0 aromatic heterocycles. The Labute approximate surface area is 94.9 Å². The van der Waals surface area contributed by atoms with Gasteiger partial charge in [-0.25, -0.2) is 0 Å². The molecule has 1 nitrogen and oxygen atoms in total. The first-order valence-electron chi connectivity index (χ1n) is 4.96. The van der Waals surface area contributed by atoms with Crippen LogP contribution in [-0.2, 0) is 5.54 Å². The van der Waals surface area contributed by atoms with Crippen LogP contribution in [0.25, 0.3) is 10.8 Å². The summed E-state index contributed by atoms with van der Waals surface area (Å²) in [6.07, 6.45) is 0. The van der Waals surface area contributed by atoms with E-state index in [-0.39, 0.29) is 5.54 Å². The van der Waals surface area contributed by atoms with E-state index in [1.165, 1.54) is 5.39 Å². The molecule has 78 valence electrons. The first-order chi connectivity index (χ1) is 6.98. The minimum Gasteiger partial charge on any atom is -0.322 e. The van der Waals surface area contributed by atoms with Crippen molar-refractivity contribution in [1.29, 1.82) is 0 Å². The minimum absolute atomic E-state index is 0.343. The summed E-state index contributed by atoms with van der Waals surface area (Å²) in [5.74, 6) is 0. The topological polar surface area (TPSA) is 26.0 Å². The number of hydrogen-bond acceptors (Lipinski definition) is 1. The van der Waals surface area contributed by atoms with Crippen molar-refractivity contribution in [1.82, 2.24) is 0 Å². The number of rotatable bonds is 1. The first-order valence-corrected chi connectivity index (χ1v) is 5.34. The third-order valence-electron chi connectivity index (χ3n) is 2.54. The van der Waals surface area contributed by atoms with E-state index < -0.39 is 0 Å². The van der Waals surface area contributed by atoms with Gasteiger partial charge in [0, 0.05) is 10.6 Å². The summed E-state index contributed by atoms with van der Waals surface area (Å²) < 4.78 is 0.